The monoisotopic (exact) mass is 444 g/mol. The van der Waals surface area contributed by atoms with Gasteiger partial charge in [0.15, 0.2) is 12.0 Å². The van der Waals surface area contributed by atoms with Crippen molar-refractivity contribution in [2.24, 2.45) is 5.41 Å². The normalized spacial score (nSPS) is 13.1. The van der Waals surface area contributed by atoms with E-state index in [-0.39, 0.29) is 5.41 Å². The van der Waals surface area contributed by atoms with Gasteiger partial charge in [-0.1, -0.05) is 62.2 Å². The summed E-state index contributed by atoms with van der Waals surface area (Å²) < 4.78 is 6.55. The zero-order valence-electron chi connectivity index (χ0n) is 16.8. The molecule has 0 bridgehead atoms. The van der Waals surface area contributed by atoms with Crippen LogP contribution in [0.3, 0.4) is 0 Å². The van der Waals surface area contributed by atoms with Gasteiger partial charge in [0.2, 0.25) is 0 Å². The third-order valence-corrected chi connectivity index (χ3v) is 4.85. The van der Waals surface area contributed by atoms with Crippen LogP contribution in [0.15, 0.2) is 65.9 Å². The van der Waals surface area contributed by atoms with Crippen LogP contribution in [0.2, 0.25) is 10.0 Å². The number of hydrogen-bond acceptors (Lipinski definition) is 5. The Labute approximate surface area is 184 Å². The van der Waals surface area contributed by atoms with Crippen LogP contribution in [0.1, 0.15) is 26.3 Å². The van der Waals surface area contributed by atoms with Crippen LogP contribution in [0.5, 0.6) is 0 Å². The standard InChI is InChI=1S/C15H17Cl2N3O.C7H5NO/c1-15(2,3)14(21)13(20-9-18-8-19-20)6-10-4-5-11(16)7-12(10)17;1-2-4-7-6(3-1)8-5-9-7/h4-9,14,21H,1-3H3;1-5H/b13-6-;. The number of fused-ring (bicyclic) bond motifs is 1. The van der Waals surface area contributed by atoms with E-state index in [9.17, 15) is 5.11 Å². The quantitative estimate of drug-likeness (QED) is 0.430. The molecule has 8 heteroatoms. The number of aliphatic hydroxyl groups excluding tert-OH is 1. The highest BCUT2D eigenvalue weighted by Crippen LogP contribution is 2.30. The minimum absolute atomic E-state index is 0.351. The maximum absolute atomic E-state index is 10.6. The van der Waals surface area contributed by atoms with Gasteiger partial charge in [-0.15, -0.1) is 0 Å². The Morgan fingerprint density at radius 2 is 1.93 bits per heavy atom. The van der Waals surface area contributed by atoms with Crippen LogP contribution in [0.4, 0.5) is 0 Å². The van der Waals surface area contributed by atoms with Crippen molar-refractivity contribution < 1.29 is 9.52 Å². The molecule has 0 aliphatic heterocycles. The predicted molar refractivity (Wildman–Crippen MR) is 120 cm³/mol. The zero-order valence-corrected chi connectivity index (χ0v) is 18.3. The molecule has 0 radical (unpaired) electrons. The molecule has 0 spiro atoms. The molecule has 0 saturated heterocycles. The molecule has 0 saturated carbocycles. The largest absolute Gasteiger partial charge is 0.443 e. The lowest BCUT2D eigenvalue weighted by molar-refractivity contribution is 0.109. The third-order valence-electron chi connectivity index (χ3n) is 4.29. The molecule has 0 aliphatic carbocycles. The molecule has 2 aromatic carbocycles. The van der Waals surface area contributed by atoms with Gasteiger partial charge in [0.1, 0.15) is 24.3 Å². The van der Waals surface area contributed by atoms with Gasteiger partial charge in [-0.05, 0) is 41.3 Å². The van der Waals surface area contributed by atoms with Gasteiger partial charge in [0.25, 0.3) is 0 Å². The number of halogens is 2. The predicted octanol–water partition coefficient (Wildman–Crippen LogP) is 5.82. The molecule has 2 aromatic heterocycles. The fraction of sp³-hybridized carbons (Fsp3) is 0.227. The Kier molecular flexibility index (Phi) is 6.92. The number of nitrogens with zero attached hydrogens (tertiary/aromatic N) is 4. The molecule has 1 N–H and O–H groups in total. The van der Waals surface area contributed by atoms with Gasteiger partial charge in [0.05, 0.1) is 5.70 Å². The van der Waals surface area contributed by atoms with E-state index in [1.54, 1.807) is 35.3 Å². The van der Waals surface area contributed by atoms with E-state index < -0.39 is 6.10 Å². The topological polar surface area (TPSA) is 77.0 Å². The highest BCUT2D eigenvalue weighted by atomic mass is 35.5. The first-order valence-electron chi connectivity index (χ1n) is 9.23. The van der Waals surface area contributed by atoms with E-state index in [0.29, 0.717) is 15.7 Å². The third kappa shape index (κ3) is 5.48. The van der Waals surface area contributed by atoms with Crippen LogP contribution in [0.25, 0.3) is 22.9 Å². The molecule has 0 amide bonds. The Morgan fingerprint density at radius 1 is 1.17 bits per heavy atom. The summed E-state index contributed by atoms with van der Waals surface area (Å²) in [5, 5.41) is 15.8. The number of para-hydroxylation sites is 2. The average Bonchev–Trinajstić information content (AvgIpc) is 3.38. The second kappa shape index (κ2) is 9.43. The van der Waals surface area contributed by atoms with Gasteiger partial charge in [-0.2, -0.15) is 5.10 Å². The van der Waals surface area contributed by atoms with Crippen molar-refractivity contribution in [2.75, 3.05) is 0 Å². The van der Waals surface area contributed by atoms with Crippen LogP contribution >= 0.6 is 23.2 Å². The second-order valence-corrected chi connectivity index (χ2v) is 8.51. The van der Waals surface area contributed by atoms with Crippen LogP contribution < -0.4 is 0 Å². The van der Waals surface area contributed by atoms with E-state index in [1.807, 2.05) is 45.0 Å². The number of benzene rings is 2. The minimum Gasteiger partial charge on any atom is -0.443 e. The van der Waals surface area contributed by atoms with E-state index in [2.05, 4.69) is 15.1 Å². The Balaban J connectivity index is 0.000000234. The molecule has 0 aliphatic rings. The average molecular weight is 445 g/mol. The summed E-state index contributed by atoms with van der Waals surface area (Å²) in [6.45, 7) is 5.85. The van der Waals surface area contributed by atoms with E-state index >= 15 is 0 Å². The smallest absolute Gasteiger partial charge is 0.181 e. The summed E-state index contributed by atoms with van der Waals surface area (Å²) in [7, 11) is 0. The molecule has 6 nitrogen and oxygen atoms in total. The zero-order chi connectivity index (χ0) is 21.7. The summed E-state index contributed by atoms with van der Waals surface area (Å²) in [6, 6.07) is 12.9. The fourth-order valence-corrected chi connectivity index (χ4v) is 3.10. The molecule has 1 unspecified atom stereocenters. The van der Waals surface area contributed by atoms with Gasteiger partial charge >= 0.3 is 0 Å². The molecule has 30 heavy (non-hydrogen) atoms. The molecule has 156 valence electrons. The van der Waals surface area contributed by atoms with Crippen molar-refractivity contribution in [2.45, 2.75) is 26.9 Å². The first-order chi connectivity index (χ1) is 14.3. The van der Waals surface area contributed by atoms with Crippen LogP contribution in [0, 0.1) is 5.41 Å². The highest BCUT2D eigenvalue weighted by molar-refractivity contribution is 6.35. The van der Waals surface area contributed by atoms with Crippen molar-refractivity contribution in [3.63, 3.8) is 0 Å². The Hall–Kier alpha value is -2.67. The van der Waals surface area contributed by atoms with E-state index in [1.165, 1.54) is 12.7 Å². The Morgan fingerprint density at radius 3 is 2.57 bits per heavy atom. The van der Waals surface area contributed by atoms with Gasteiger partial charge in [0, 0.05) is 10.0 Å². The number of aromatic nitrogens is 4. The maximum Gasteiger partial charge on any atom is 0.181 e. The minimum atomic E-state index is -0.731. The van der Waals surface area contributed by atoms with Crippen molar-refractivity contribution in [1.29, 1.82) is 0 Å². The van der Waals surface area contributed by atoms with Crippen molar-refractivity contribution >= 4 is 46.1 Å². The summed E-state index contributed by atoms with van der Waals surface area (Å²) in [4.78, 5) is 7.88. The van der Waals surface area contributed by atoms with Crippen LogP contribution in [-0.2, 0) is 0 Å². The number of rotatable bonds is 3. The van der Waals surface area contributed by atoms with Crippen molar-refractivity contribution in [1.82, 2.24) is 19.7 Å². The van der Waals surface area contributed by atoms with Gasteiger partial charge in [-0.25, -0.2) is 14.6 Å². The SMILES string of the molecule is CC(C)(C)C(O)/C(=C/c1ccc(Cl)cc1Cl)n1cncn1.c1ccc2ocnc2c1. The van der Waals surface area contributed by atoms with E-state index in [0.717, 1.165) is 16.7 Å². The number of hydrogen-bond donors (Lipinski definition) is 1. The first-order valence-corrected chi connectivity index (χ1v) is 9.99. The van der Waals surface area contributed by atoms with Gasteiger partial charge in [-0.3, -0.25) is 0 Å². The molecular weight excluding hydrogens is 423 g/mol. The molecular formula is C22H22Cl2N4O2. The molecule has 1 atom stereocenters. The summed E-state index contributed by atoms with van der Waals surface area (Å²) in [6.07, 6.45) is 5.48. The van der Waals surface area contributed by atoms with Crippen LogP contribution in [-0.4, -0.2) is 31.0 Å². The lowest BCUT2D eigenvalue weighted by Gasteiger charge is -2.28. The summed E-state index contributed by atoms with van der Waals surface area (Å²) in [5.74, 6) is 0. The number of aliphatic hydroxyl groups is 1. The van der Waals surface area contributed by atoms with Gasteiger partial charge < -0.3 is 9.52 Å². The van der Waals surface area contributed by atoms with Crippen molar-refractivity contribution in [3.05, 3.63) is 77.1 Å². The van der Waals surface area contributed by atoms with E-state index in [4.69, 9.17) is 27.6 Å². The summed E-state index contributed by atoms with van der Waals surface area (Å²) >= 11 is 12.1. The molecule has 2 heterocycles. The Bertz CT molecular complexity index is 1100. The maximum atomic E-state index is 10.6. The fourth-order valence-electron chi connectivity index (χ4n) is 2.64. The number of oxazole rings is 1. The summed E-state index contributed by atoms with van der Waals surface area (Å²) in [5.41, 5.74) is 2.77. The molecule has 0 fully saturated rings. The second-order valence-electron chi connectivity index (χ2n) is 7.66. The lowest BCUT2D eigenvalue weighted by Crippen LogP contribution is -2.29. The highest BCUT2D eigenvalue weighted by Gasteiger charge is 2.27. The molecule has 4 rings (SSSR count). The molecule has 4 aromatic rings. The first kappa shape index (κ1) is 22.0. The lowest BCUT2D eigenvalue weighted by atomic mass is 9.86. The van der Waals surface area contributed by atoms with Crippen molar-refractivity contribution in [3.8, 4) is 0 Å².